The minimum Gasteiger partial charge on any atom is -0.370 e. The van der Waals surface area contributed by atoms with Crippen LogP contribution in [0, 0.1) is 12.8 Å². The Labute approximate surface area is 94.8 Å². The van der Waals surface area contributed by atoms with Crippen molar-refractivity contribution in [3.8, 4) is 0 Å². The van der Waals surface area contributed by atoms with Crippen molar-refractivity contribution < 1.29 is 4.74 Å². The molecule has 2 aromatic rings. The van der Waals surface area contributed by atoms with Gasteiger partial charge in [0.25, 0.3) is 0 Å². The van der Waals surface area contributed by atoms with Crippen LogP contribution in [0.15, 0.2) is 18.2 Å². The first kappa shape index (κ1) is 9.85. The predicted octanol–water partition coefficient (Wildman–Crippen LogP) is 2.97. The second kappa shape index (κ2) is 3.59. The molecule has 0 saturated carbocycles. The van der Waals surface area contributed by atoms with E-state index < -0.39 is 0 Å². The standard InChI is InChI=1S/C13H16N2O/c1-8-3-4-10-11(7-8)15-13(14-10)12-9(2)5-6-16-12/h3-4,7,9,12H,5-6H2,1-2H3,(H,14,15). The van der Waals surface area contributed by atoms with Gasteiger partial charge >= 0.3 is 0 Å². The number of nitrogens with one attached hydrogen (secondary N) is 1. The van der Waals surface area contributed by atoms with E-state index in [-0.39, 0.29) is 6.10 Å². The van der Waals surface area contributed by atoms with E-state index in [4.69, 9.17) is 4.74 Å². The van der Waals surface area contributed by atoms with Gasteiger partial charge in [-0.15, -0.1) is 0 Å². The Morgan fingerprint density at radius 1 is 1.44 bits per heavy atom. The summed E-state index contributed by atoms with van der Waals surface area (Å²) >= 11 is 0. The SMILES string of the molecule is Cc1ccc2nc(C3OCCC3C)[nH]c2c1. The van der Waals surface area contributed by atoms with Crippen molar-refractivity contribution in [3.05, 3.63) is 29.6 Å². The molecule has 1 aromatic carbocycles. The maximum absolute atomic E-state index is 5.72. The fourth-order valence-corrected chi connectivity index (χ4v) is 2.32. The Balaban J connectivity index is 2.04. The smallest absolute Gasteiger partial charge is 0.136 e. The molecule has 2 heterocycles. The second-order valence-electron chi connectivity index (χ2n) is 4.70. The summed E-state index contributed by atoms with van der Waals surface area (Å²) in [4.78, 5) is 7.98. The van der Waals surface area contributed by atoms with Crippen LogP contribution < -0.4 is 0 Å². The number of benzene rings is 1. The molecule has 16 heavy (non-hydrogen) atoms. The van der Waals surface area contributed by atoms with Crippen molar-refractivity contribution in [3.63, 3.8) is 0 Å². The van der Waals surface area contributed by atoms with E-state index in [1.54, 1.807) is 0 Å². The summed E-state index contributed by atoms with van der Waals surface area (Å²) < 4.78 is 5.72. The van der Waals surface area contributed by atoms with Crippen LogP contribution in [0.5, 0.6) is 0 Å². The molecule has 0 aliphatic carbocycles. The van der Waals surface area contributed by atoms with Gasteiger partial charge in [0.2, 0.25) is 0 Å². The number of aromatic nitrogens is 2. The maximum Gasteiger partial charge on any atom is 0.136 e. The zero-order chi connectivity index (χ0) is 11.1. The number of fused-ring (bicyclic) bond motifs is 1. The summed E-state index contributed by atoms with van der Waals surface area (Å²) in [5.41, 5.74) is 3.39. The number of rotatable bonds is 1. The van der Waals surface area contributed by atoms with Crippen molar-refractivity contribution in [1.82, 2.24) is 9.97 Å². The Hall–Kier alpha value is -1.35. The van der Waals surface area contributed by atoms with Crippen molar-refractivity contribution in [2.45, 2.75) is 26.4 Å². The van der Waals surface area contributed by atoms with E-state index in [0.29, 0.717) is 5.92 Å². The summed E-state index contributed by atoms with van der Waals surface area (Å²) in [6, 6.07) is 6.28. The van der Waals surface area contributed by atoms with Crippen LogP contribution in [-0.4, -0.2) is 16.6 Å². The van der Waals surface area contributed by atoms with Crippen LogP contribution >= 0.6 is 0 Å². The van der Waals surface area contributed by atoms with E-state index in [1.807, 2.05) is 0 Å². The third-order valence-corrected chi connectivity index (χ3v) is 3.31. The molecule has 2 unspecified atom stereocenters. The molecule has 1 aromatic heterocycles. The molecule has 1 aliphatic rings. The number of aryl methyl sites for hydroxylation is 1. The average Bonchev–Trinajstić information content (AvgIpc) is 2.82. The molecule has 1 N–H and O–H groups in total. The van der Waals surface area contributed by atoms with Crippen LogP contribution in [-0.2, 0) is 4.74 Å². The van der Waals surface area contributed by atoms with E-state index in [9.17, 15) is 0 Å². The third-order valence-electron chi connectivity index (χ3n) is 3.31. The van der Waals surface area contributed by atoms with E-state index >= 15 is 0 Å². The van der Waals surface area contributed by atoms with Crippen molar-refractivity contribution in [1.29, 1.82) is 0 Å². The molecule has 3 heteroatoms. The van der Waals surface area contributed by atoms with E-state index in [2.05, 4.69) is 42.0 Å². The first-order chi connectivity index (χ1) is 7.74. The number of nitrogens with zero attached hydrogens (tertiary/aromatic N) is 1. The Morgan fingerprint density at radius 3 is 3.06 bits per heavy atom. The van der Waals surface area contributed by atoms with Gasteiger partial charge in [0.05, 0.1) is 11.0 Å². The van der Waals surface area contributed by atoms with Gasteiger partial charge in [0.15, 0.2) is 0 Å². The number of imidazole rings is 1. The molecule has 1 aliphatic heterocycles. The molecule has 1 fully saturated rings. The Kier molecular flexibility index (Phi) is 2.21. The predicted molar refractivity (Wildman–Crippen MR) is 63.3 cm³/mol. The average molecular weight is 216 g/mol. The second-order valence-corrected chi connectivity index (χ2v) is 4.70. The van der Waals surface area contributed by atoms with Gasteiger partial charge in [-0.25, -0.2) is 4.98 Å². The lowest BCUT2D eigenvalue weighted by Crippen LogP contribution is -2.05. The highest BCUT2D eigenvalue weighted by molar-refractivity contribution is 5.75. The monoisotopic (exact) mass is 216 g/mol. The molecule has 0 spiro atoms. The maximum atomic E-state index is 5.72. The molecular weight excluding hydrogens is 200 g/mol. The van der Waals surface area contributed by atoms with Crippen molar-refractivity contribution in [2.75, 3.05) is 6.61 Å². The minimum atomic E-state index is 0.146. The lowest BCUT2D eigenvalue weighted by molar-refractivity contribution is 0.0883. The zero-order valence-electron chi connectivity index (χ0n) is 9.66. The number of hydrogen-bond acceptors (Lipinski definition) is 2. The van der Waals surface area contributed by atoms with Gasteiger partial charge in [0.1, 0.15) is 11.9 Å². The topological polar surface area (TPSA) is 37.9 Å². The van der Waals surface area contributed by atoms with E-state index in [0.717, 1.165) is 29.9 Å². The van der Waals surface area contributed by atoms with Gasteiger partial charge in [-0.3, -0.25) is 0 Å². The van der Waals surface area contributed by atoms with Crippen LogP contribution in [0.2, 0.25) is 0 Å². The molecule has 84 valence electrons. The number of H-pyrrole nitrogens is 1. The highest BCUT2D eigenvalue weighted by atomic mass is 16.5. The summed E-state index contributed by atoms with van der Waals surface area (Å²) in [5, 5.41) is 0. The summed E-state index contributed by atoms with van der Waals surface area (Å²) in [5.74, 6) is 1.53. The molecule has 2 atom stereocenters. The zero-order valence-corrected chi connectivity index (χ0v) is 9.66. The lowest BCUT2D eigenvalue weighted by Gasteiger charge is -2.10. The third kappa shape index (κ3) is 1.52. The quantitative estimate of drug-likeness (QED) is 0.795. The van der Waals surface area contributed by atoms with Crippen LogP contribution in [0.25, 0.3) is 11.0 Å². The number of aromatic amines is 1. The summed E-state index contributed by atoms with van der Waals surface area (Å²) in [7, 11) is 0. The summed E-state index contributed by atoms with van der Waals surface area (Å²) in [6.07, 6.45) is 1.27. The van der Waals surface area contributed by atoms with Crippen LogP contribution in [0.4, 0.5) is 0 Å². The molecule has 0 radical (unpaired) electrons. The Morgan fingerprint density at radius 2 is 2.31 bits per heavy atom. The van der Waals surface area contributed by atoms with Crippen LogP contribution in [0.3, 0.4) is 0 Å². The minimum absolute atomic E-state index is 0.146. The highest BCUT2D eigenvalue weighted by Gasteiger charge is 2.28. The van der Waals surface area contributed by atoms with Crippen molar-refractivity contribution >= 4 is 11.0 Å². The summed E-state index contributed by atoms with van der Waals surface area (Å²) in [6.45, 7) is 5.16. The van der Waals surface area contributed by atoms with Gasteiger partial charge in [-0.05, 0) is 37.0 Å². The lowest BCUT2D eigenvalue weighted by atomic mass is 10.0. The highest BCUT2D eigenvalue weighted by Crippen LogP contribution is 2.33. The molecule has 0 bridgehead atoms. The van der Waals surface area contributed by atoms with E-state index in [1.165, 1.54) is 5.56 Å². The Bertz CT molecular complexity index is 518. The molecule has 1 saturated heterocycles. The van der Waals surface area contributed by atoms with Crippen molar-refractivity contribution in [2.24, 2.45) is 5.92 Å². The molecule has 0 amide bonds. The fraction of sp³-hybridized carbons (Fsp3) is 0.462. The molecular formula is C13H16N2O. The van der Waals surface area contributed by atoms with Gasteiger partial charge in [-0.2, -0.15) is 0 Å². The molecule has 3 nitrogen and oxygen atoms in total. The number of ether oxygens (including phenoxy) is 1. The van der Waals surface area contributed by atoms with Gasteiger partial charge in [-0.1, -0.05) is 13.0 Å². The van der Waals surface area contributed by atoms with Crippen LogP contribution in [0.1, 0.15) is 30.8 Å². The number of hydrogen-bond donors (Lipinski definition) is 1. The molecule has 3 rings (SSSR count). The largest absolute Gasteiger partial charge is 0.370 e. The van der Waals surface area contributed by atoms with Gasteiger partial charge in [0, 0.05) is 6.61 Å². The normalized spacial score (nSPS) is 25.4. The first-order valence-electron chi connectivity index (χ1n) is 5.82. The fourth-order valence-electron chi connectivity index (χ4n) is 2.32. The first-order valence-corrected chi connectivity index (χ1v) is 5.82. The van der Waals surface area contributed by atoms with Gasteiger partial charge < -0.3 is 9.72 Å².